The maximum atomic E-state index is 12.6. The lowest BCUT2D eigenvalue weighted by Crippen LogP contribution is -2.54. The van der Waals surface area contributed by atoms with Crippen LogP contribution < -0.4 is 10.6 Å². The van der Waals surface area contributed by atoms with E-state index in [0.717, 1.165) is 0 Å². The van der Waals surface area contributed by atoms with Gasteiger partial charge in [0.2, 0.25) is 11.8 Å². The summed E-state index contributed by atoms with van der Waals surface area (Å²) in [6.07, 6.45) is 0.901. The first-order valence-electron chi connectivity index (χ1n) is 8.43. The molecule has 2 N–H and O–H groups in total. The highest BCUT2D eigenvalue weighted by atomic mass is 16.2. The van der Waals surface area contributed by atoms with Crippen molar-refractivity contribution in [2.24, 2.45) is 0 Å². The summed E-state index contributed by atoms with van der Waals surface area (Å²) in [5, 5.41) is 5.87. The Morgan fingerprint density at radius 1 is 0.818 bits per heavy atom. The number of nitrogens with zero attached hydrogens (tertiary/aromatic N) is 1. The molecule has 130 valence electrons. The van der Waals surface area contributed by atoms with E-state index in [4.69, 9.17) is 0 Å². The predicted octanol–water partition coefficient (Wildman–Crippen LogP) is 2.30. The van der Waals surface area contributed by atoms with Crippen LogP contribution in [-0.4, -0.2) is 46.9 Å². The van der Waals surface area contributed by atoms with E-state index in [-0.39, 0.29) is 42.0 Å². The summed E-state index contributed by atoms with van der Waals surface area (Å²) in [4.78, 5) is 26.6. The van der Waals surface area contributed by atoms with Crippen LogP contribution in [0.25, 0.3) is 0 Å². The van der Waals surface area contributed by atoms with Gasteiger partial charge in [-0.3, -0.25) is 14.5 Å². The van der Waals surface area contributed by atoms with E-state index in [9.17, 15) is 9.59 Å². The molecule has 0 rings (SSSR count). The van der Waals surface area contributed by atoms with Crippen molar-refractivity contribution in [3.8, 4) is 0 Å². The Morgan fingerprint density at radius 3 is 1.64 bits per heavy atom. The number of carbonyl (C=O) groups is 2. The van der Waals surface area contributed by atoms with E-state index in [1.165, 1.54) is 0 Å². The van der Waals surface area contributed by atoms with Crippen LogP contribution in [-0.2, 0) is 9.59 Å². The van der Waals surface area contributed by atoms with Crippen molar-refractivity contribution < 1.29 is 9.59 Å². The topological polar surface area (TPSA) is 61.4 Å². The second kappa shape index (κ2) is 9.82. The Kier molecular flexibility index (Phi) is 9.33. The first-order chi connectivity index (χ1) is 10.1. The van der Waals surface area contributed by atoms with Crippen molar-refractivity contribution in [2.75, 3.05) is 0 Å². The third-order valence-corrected chi connectivity index (χ3v) is 3.38. The van der Waals surface area contributed by atoms with Crippen molar-refractivity contribution in [3.05, 3.63) is 0 Å². The summed E-state index contributed by atoms with van der Waals surface area (Å²) in [6, 6.07) is 0.440. The zero-order valence-electron chi connectivity index (χ0n) is 15.6. The van der Waals surface area contributed by atoms with Gasteiger partial charge in [0.1, 0.15) is 0 Å². The molecule has 0 aliphatic rings. The van der Waals surface area contributed by atoms with E-state index in [2.05, 4.69) is 43.2 Å². The molecule has 0 heterocycles. The molecule has 0 bridgehead atoms. The molecule has 0 aromatic rings. The summed E-state index contributed by atoms with van der Waals surface area (Å²) in [6.45, 7) is 16.1. The molecule has 0 saturated carbocycles. The number of hydrogen-bond donors (Lipinski definition) is 2. The second-order valence-corrected chi connectivity index (χ2v) is 7.07. The number of nitrogens with one attached hydrogen (secondary N) is 2. The normalized spacial score (nSPS) is 13.3. The lowest BCUT2D eigenvalue weighted by atomic mass is 10.0. The van der Waals surface area contributed by atoms with Crippen LogP contribution in [0.15, 0.2) is 0 Å². The van der Waals surface area contributed by atoms with Gasteiger partial charge < -0.3 is 10.6 Å². The van der Waals surface area contributed by atoms with Gasteiger partial charge in [0, 0.05) is 30.6 Å². The van der Waals surface area contributed by atoms with Gasteiger partial charge >= 0.3 is 0 Å². The van der Waals surface area contributed by atoms with Crippen molar-refractivity contribution in [2.45, 2.75) is 98.4 Å². The van der Waals surface area contributed by atoms with Crippen LogP contribution in [0.1, 0.15) is 68.2 Å². The fraction of sp³-hybridized carbons (Fsp3) is 0.882. The quantitative estimate of drug-likeness (QED) is 0.686. The van der Waals surface area contributed by atoms with Crippen molar-refractivity contribution in [1.82, 2.24) is 15.5 Å². The average Bonchev–Trinajstić information content (AvgIpc) is 2.30. The van der Waals surface area contributed by atoms with Crippen molar-refractivity contribution >= 4 is 11.8 Å². The van der Waals surface area contributed by atoms with Crippen molar-refractivity contribution in [3.63, 3.8) is 0 Å². The van der Waals surface area contributed by atoms with Gasteiger partial charge in [-0.1, -0.05) is 0 Å². The van der Waals surface area contributed by atoms with E-state index < -0.39 is 0 Å². The summed E-state index contributed by atoms with van der Waals surface area (Å²) < 4.78 is 0. The largest absolute Gasteiger partial charge is 0.354 e. The summed E-state index contributed by atoms with van der Waals surface area (Å²) in [5.74, 6) is 0.0135. The minimum Gasteiger partial charge on any atom is -0.354 e. The van der Waals surface area contributed by atoms with Crippen LogP contribution in [0.2, 0.25) is 0 Å². The zero-order chi connectivity index (χ0) is 17.4. The zero-order valence-corrected chi connectivity index (χ0v) is 15.6. The molecule has 1 atom stereocenters. The van der Waals surface area contributed by atoms with Gasteiger partial charge in [0.25, 0.3) is 0 Å². The number of carbonyl (C=O) groups excluding carboxylic acids is 2. The van der Waals surface area contributed by atoms with Crippen LogP contribution in [0, 0.1) is 0 Å². The molecule has 0 aliphatic carbocycles. The monoisotopic (exact) mass is 313 g/mol. The first kappa shape index (κ1) is 20.9. The van der Waals surface area contributed by atoms with Crippen LogP contribution in [0.4, 0.5) is 0 Å². The molecule has 0 spiro atoms. The molecule has 5 heteroatoms. The van der Waals surface area contributed by atoms with Gasteiger partial charge in [0.05, 0.1) is 6.04 Å². The Hall–Kier alpha value is -1.10. The maximum absolute atomic E-state index is 12.6. The Morgan fingerprint density at radius 2 is 1.27 bits per heavy atom. The summed E-state index contributed by atoms with van der Waals surface area (Å²) >= 11 is 0. The fourth-order valence-electron chi connectivity index (χ4n) is 2.77. The van der Waals surface area contributed by atoms with Crippen LogP contribution >= 0.6 is 0 Å². The molecule has 2 amide bonds. The third-order valence-electron chi connectivity index (χ3n) is 3.38. The minimum atomic E-state index is -0.277. The summed E-state index contributed by atoms with van der Waals surface area (Å²) in [5.41, 5.74) is 0. The van der Waals surface area contributed by atoms with Gasteiger partial charge in [0.15, 0.2) is 0 Å². The molecule has 0 aromatic carbocycles. The predicted molar refractivity (Wildman–Crippen MR) is 91.7 cm³/mol. The highest BCUT2D eigenvalue weighted by Gasteiger charge is 2.30. The molecule has 1 unspecified atom stereocenters. The fourth-order valence-corrected chi connectivity index (χ4v) is 2.77. The Balaban J connectivity index is 5.00. The van der Waals surface area contributed by atoms with Gasteiger partial charge in [-0.05, 0) is 61.8 Å². The molecular formula is C17H35N3O2. The molecule has 0 fully saturated rings. The van der Waals surface area contributed by atoms with Gasteiger partial charge in [-0.15, -0.1) is 0 Å². The second-order valence-electron chi connectivity index (χ2n) is 7.07. The third kappa shape index (κ3) is 7.78. The maximum Gasteiger partial charge on any atom is 0.237 e. The standard InChI is InChI=1S/C17H35N3O2/c1-11(2)18-16(21)10-9-15(17(22)19-12(3)4)20(13(5)6)14(7)8/h11-15H,9-10H2,1-8H3,(H,18,21)(H,19,22). The highest BCUT2D eigenvalue weighted by molar-refractivity contribution is 5.83. The average molecular weight is 313 g/mol. The van der Waals surface area contributed by atoms with E-state index in [1.807, 2.05) is 27.7 Å². The van der Waals surface area contributed by atoms with E-state index in [0.29, 0.717) is 12.8 Å². The SMILES string of the molecule is CC(C)NC(=O)CCC(C(=O)NC(C)C)N(C(C)C)C(C)C. The smallest absolute Gasteiger partial charge is 0.237 e. The highest BCUT2D eigenvalue weighted by Crippen LogP contribution is 2.16. The Bertz CT molecular complexity index is 344. The molecular weight excluding hydrogens is 278 g/mol. The lowest BCUT2D eigenvalue weighted by Gasteiger charge is -2.37. The van der Waals surface area contributed by atoms with Crippen LogP contribution in [0.3, 0.4) is 0 Å². The van der Waals surface area contributed by atoms with Gasteiger partial charge in [-0.2, -0.15) is 0 Å². The number of hydrogen-bond acceptors (Lipinski definition) is 3. The molecule has 0 radical (unpaired) electrons. The minimum absolute atomic E-state index is 0.00445. The number of rotatable bonds is 9. The summed E-state index contributed by atoms with van der Waals surface area (Å²) in [7, 11) is 0. The van der Waals surface area contributed by atoms with E-state index >= 15 is 0 Å². The molecule has 0 saturated heterocycles. The Labute approximate surface area is 136 Å². The number of amides is 2. The van der Waals surface area contributed by atoms with Gasteiger partial charge in [-0.25, -0.2) is 0 Å². The van der Waals surface area contributed by atoms with E-state index in [1.54, 1.807) is 0 Å². The molecule has 0 aliphatic heterocycles. The molecule has 0 aromatic heterocycles. The molecule has 22 heavy (non-hydrogen) atoms. The first-order valence-corrected chi connectivity index (χ1v) is 8.43. The lowest BCUT2D eigenvalue weighted by molar-refractivity contribution is -0.129. The molecule has 5 nitrogen and oxygen atoms in total. The van der Waals surface area contributed by atoms with Crippen LogP contribution in [0.5, 0.6) is 0 Å². The van der Waals surface area contributed by atoms with Crippen molar-refractivity contribution in [1.29, 1.82) is 0 Å².